The topological polar surface area (TPSA) is 83.9 Å². The Labute approximate surface area is 168 Å². The summed E-state index contributed by atoms with van der Waals surface area (Å²) in [4.78, 5) is 31.9. The predicted octanol–water partition coefficient (Wildman–Crippen LogP) is 3.45. The van der Waals surface area contributed by atoms with Crippen molar-refractivity contribution in [1.82, 2.24) is 24.8 Å². The lowest BCUT2D eigenvalue weighted by atomic mass is 9.98. The Morgan fingerprint density at radius 2 is 1.97 bits per heavy atom. The number of rotatable bonds is 5. The lowest BCUT2D eigenvalue weighted by Gasteiger charge is -2.35. The number of carbonyl (C=O) groups excluding carboxylic acids is 1. The van der Waals surface area contributed by atoms with Gasteiger partial charge in [-0.15, -0.1) is 0 Å². The van der Waals surface area contributed by atoms with Crippen molar-refractivity contribution >= 4 is 17.7 Å². The molecule has 3 aromatic rings. The molecule has 7 nitrogen and oxygen atoms in total. The molecule has 1 aliphatic heterocycles. The number of aromatic nitrogens is 4. The van der Waals surface area contributed by atoms with Crippen LogP contribution in [0.5, 0.6) is 0 Å². The number of carbonyl (C=O) groups is 1. The second-order valence-corrected chi connectivity index (χ2v) is 6.92. The molecular formula is C21H21FN6O. The monoisotopic (exact) mass is 392 g/mol. The van der Waals surface area contributed by atoms with Gasteiger partial charge in [0.2, 0.25) is 11.9 Å². The van der Waals surface area contributed by atoms with Crippen LogP contribution < -0.4 is 5.32 Å². The SMILES string of the molecule is O=C(Cc1ccc(F)cc1)N1CCCC[C@@H]1c1ccnc(Nc2cnccn2)n1. The minimum Gasteiger partial charge on any atom is -0.334 e. The van der Waals surface area contributed by atoms with Crippen LogP contribution in [0, 0.1) is 5.82 Å². The quantitative estimate of drug-likeness (QED) is 0.716. The summed E-state index contributed by atoms with van der Waals surface area (Å²) in [5.41, 5.74) is 1.59. The van der Waals surface area contributed by atoms with E-state index in [1.807, 2.05) is 11.0 Å². The molecule has 8 heteroatoms. The fourth-order valence-electron chi connectivity index (χ4n) is 3.51. The molecule has 1 amide bonds. The summed E-state index contributed by atoms with van der Waals surface area (Å²) in [6, 6.07) is 7.80. The number of halogens is 1. The van der Waals surface area contributed by atoms with Crippen molar-refractivity contribution in [2.24, 2.45) is 0 Å². The van der Waals surface area contributed by atoms with Crippen molar-refractivity contribution in [3.63, 3.8) is 0 Å². The number of piperidine rings is 1. The van der Waals surface area contributed by atoms with Crippen LogP contribution in [0.2, 0.25) is 0 Å². The van der Waals surface area contributed by atoms with Crippen LogP contribution in [0.3, 0.4) is 0 Å². The molecule has 1 aliphatic rings. The van der Waals surface area contributed by atoms with E-state index in [9.17, 15) is 9.18 Å². The van der Waals surface area contributed by atoms with E-state index in [1.54, 1.807) is 36.9 Å². The van der Waals surface area contributed by atoms with E-state index in [0.29, 0.717) is 18.3 Å². The van der Waals surface area contributed by atoms with Crippen LogP contribution in [-0.4, -0.2) is 37.3 Å². The van der Waals surface area contributed by atoms with Gasteiger partial charge in [0.15, 0.2) is 5.82 Å². The number of likely N-dealkylation sites (tertiary alicyclic amines) is 1. The smallest absolute Gasteiger partial charge is 0.228 e. The highest BCUT2D eigenvalue weighted by Crippen LogP contribution is 2.30. The van der Waals surface area contributed by atoms with E-state index in [1.165, 1.54) is 12.1 Å². The first-order valence-electron chi connectivity index (χ1n) is 9.59. The average molecular weight is 392 g/mol. The van der Waals surface area contributed by atoms with Crippen molar-refractivity contribution in [3.8, 4) is 0 Å². The second-order valence-electron chi connectivity index (χ2n) is 6.92. The first kappa shape index (κ1) is 18.9. The van der Waals surface area contributed by atoms with Gasteiger partial charge in [-0.05, 0) is 43.0 Å². The maximum atomic E-state index is 13.1. The zero-order valence-electron chi connectivity index (χ0n) is 15.8. The van der Waals surface area contributed by atoms with Crippen LogP contribution >= 0.6 is 0 Å². The van der Waals surface area contributed by atoms with Gasteiger partial charge in [-0.2, -0.15) is 0 Å². The third-order valence-electron chi connectivity index (χ3n) is 4.91. The molecule has 0 saturated carbocycles. The van der Waals surface area contributed by atoms with Crippen molar-refractivity contribution in [3.05, 3.63) is 72.2 Å². The number of hydrogen-bond acceptors (Lipinski definition) is 6. The molecule has 1 atom stereocenters. The highest BCUT2D eigenvalue weighted by Gasteiger charge is 2.29. The van der Waals surface area contributed by atoms with Gasteiger partial charge in [-0.25, -0.2) is 19.3 Å². The Morgan fingerprint density at radius 3 is 2.76 bits per heavy atom. The number of nitrogens with one attached hydrogen (secondary N) is 1. The van der Waals surface area contributed by atoms with Gasteiger partial charge in [0.05, 0.1) is 24.4 Å². The molecule has 0 radical (unpaired) electrons. The molecule has 1 N–H and O–H groups in total. The molecular weight excluding hydrogens is 371 g/mol. The predicted molar refractivity (Wildman–Crippen MR) is 106 cm³/mol. The minimum absolute atomic E-state index is 0.0170. The molecule has 0 unspecified atom stereocenters. The normalized spacial score (nSPS) is 16.4. The average Bonchev–Trinajstić information content (AvgIpc) is 2.76. The maximum Gasteiger partial charge on any atom is 0.228 e. The summed E-state index contributed by atoms with van der Waals surface area (Å²) in [6.45, 7) is 0.682. The Morgan fingerprint density at radius 1 is 1.10 bits per heavy atom. The molecule has 1 saturated heterocycles. The van der Waals surface area contributed by atoms with Crippen molar-refractivity contribution < 1.29 is 9.18 Å². The van der Waals surface area contributed by atoms with Crippen LogP contribution in [0.4, 0.5) is 16.2 Å². The van der Waals surface area contributed by atoms with E-state index in [4.69, 9.17) is 0 Å². The highest BCUT2D eigenvalue weighted by atomic mass is 19.1. The van der Waals surface area contributed by atoms with E-state index >= 15 is 0 Å². The highest BCUT2D eigenvalue weighted by molar-refractivity contribution is 5.79. The number of nitrogens with zero attached hydrogens (tertiary/aromatic N) is 5. The van der Waals surface area contributed by atoms with Crippen LogP contribution in [0.1, 0.15) is 36.6 Å². The summed E-state index contributed by atoms with van der Waals surface area (Å²) in [5, 5.41) is 3.04. The Kier molecular flexibility index (Phi) is 5.69. The van der Waals surface area contributed by atoms with Crippen LogP contribution in [-0.2, 0) is 11.2 Å². The van der Waals surface area contributed by atoms with Crippen molar-refractivity contribution in [2.75, 3.05) is 11.9 Å². The van der Waals surface area contributed by atoms with Crippen LogP contribution in [0.15, 0.2) is 55.1 Å². The summed E-state index contributed by atoms with van der Waals surface area (Å²) >= 11 is 0. The molecule has 0 spiro atoms. The summed E-state index contributed by atoms with van der Waals surface area (Å²) in [6.07, 6.45) is 9.53. The van der Waals surface area contributed by atoms with E-state index < -0.39 is 0 Å². The van der Waals surface area contributed by atoms with E-state index in [2.05, 4.69) is 25.3 Å². The van der Waals surface area contributed by atoms with Gasteiger partial charge in [0.25, 0.3) is 0 Å². The van der Waals surface area contributed by atoms with Gasteiger partial charge >= 0.3 is 0 Å². The van der Waals surface area contributed by atoms with Gasteiger partial charge in [-0.3, -0.25) is 9.78 Å². The molecule has 148 valence electrons. The number of benzene rings is 1. The Hall–Kier alpha value is -3.42. The van der Waals surface area contributed by atoms with Crippen LogP contribution in [0.25, 0.3) is 0 Å². The third-order valence-corrected chi connectivity index (χ3v) is 4.91. The molecule has 29 heavy (non-hydrogen) atoms. The maximum absolute atomic E-state index is 13.1. The van der Waals surface area contributed by atoms with Crippen molar-refractivity contribution in [1.29, 1.82) is 0 Å². The molecule has 0 aliphatic carbocycles. The Bertz CT molecular complexity index is 966. The molecule has 0 bridgehead atoms. The summed E-state index contributed by atoms with van der Waals surface area (Å²) in [7, 11) is 0. The standard InChI is InChI=1S/C21H21FN6O/c22-16-6-4-15(5-7-16)13-20(29)28-12-2-1-3-18(28)17-8-9-25-21(26-17)27-19-14-23-10-11-24-19/h4-11,14,18H,1-3,12-13H2,(H,24,25,26,27)/t18-/m1/s1. The first-order valence-corrected chi connectivity index (χ1v) is 9.59. The fraction of sp³-hybridized carbons (Fsp3) is 0.286. The zero-order valence-corrected chi connectivity index (χ0v) is 15.8. The number of hydrogen-bond donors (Lipinski definition) is 1. The van der Waals surface area contributed by atoms with Crippen molar-refractivity contribution in [2.45, 2.75) is 31.7 Å². The van der Waals surface area contributed by atoms with Gasteiger partial charge < -0.3 is 10.2 Å². The largest absolute Gasteiger partial charge is 0.334 e. The van der Waals surface area contributed by atoms with E-state index in [-0.39, 0.29) is 24.2 Å². The molecule has 4 rings (SSSR count). The second kappa shape index (κ2) is 8.72. The third kappa shape index (κ3) is 4.71. The van der Waals surface area contributed by atoms with Gasteiger partial charge in [-0.1, -0.05) is 12.1 Å². The first-order chi connectivity index (χ1) is 14.2. The summed E-state index contributed by atoms with van der Waals surface area (Å²) < 4.78 is 13.1. The summed E-state index contributed by atoms with van der Waals surface area (Å²) in [5.74, 6) is 0.682. The fourth-order valence-corrected chi connectivity index (χ4v) is 3.51. The molecule has 3 heterocycles. The Balaban J connectivity index is 1.51. The zero-order chi connectivity index (χ0) is 20.1. The molecule has 2 aromatic heterocycles. The van der Waals surface area contributed by atoms with Gasteiger partial charge in [0, 0.05) is 25.1 Å². The van der Waals surface area contributed by atoms with Gasteiger partial charge in [0.1, 0.15) is 5.82 Å². The molecule has 1 fully saturated rings. The number of amides is 1. The lowest BCUT2D eigenvalue weighted by Crippen LogP contribution is -2.39. The molecule has 1 aromatic carbocycles. The minimum atomic E-state index is -0.304. The number of anilines is 2. The lowest BCUT2D eigenvalue weighted by molar-refractivity contribution is -0.134. The van der Waals surface area contributed by atoms with E-state index in [0.717, 1.165) is 30.5 Å².